The minimum absolute atomic E-state index is 0.0169. The molecule has 0 bridgehead atoms. The first-order chi connectivity index (χ1) is 11.5. The molecule has 1 aromatic heterocycles. The van der Waals surface area contributed by atoms with E-state index in [2.05, 4.69) is 11.2 Å². The predicted octanol–water partition coefficient (Wildman–Crippen LogP) is 3.66. The van der Waals surface area contributed by atoms with Crippen molar-refractivity contribution in [1.82, 2.24) is 14.7 Å². The Morgan fingerprint density at radius 3 is 2.71 bits per heavy atom. The standard InChI is InChI=1S/C19H24ClN3O/c1-14(12-15-4-3-5-17(20)13-15)19(24)23-10-7-16(8-11-23)18-6-9-21-22(18)2/h3-6,9,13-14,16H,7-8,10-12H2,1-2H3. The maximum absolute atomic E-state index is 12.7. The van der Waals surface area contributed by atoms with Gasteiger partial charge in [-0.25, -0.2) is 0 Å². The molecule has 1 aliphatic rings. The molecule has 0 saturated carbocycles. The number of benzene rings is 1. The third-order valence-corrected chi connectivity index (χ3v) is 5.17. The monoisotopic (exact) mass is 345 g/mol. The zero-order valence-corrected chi connectivity index (χ0v) is 15.0. The van der Waals surface area contributed by atoms with Crippen molar-refractivity contribution in [3.8, 4) is 0 Å². The summed E-state index contributed by atoms with van der Waals surface area (Å²) < 4.78 is 1.95. The molecular weight excluding hydrogens is 322 g/mol. The van der Waals surface area contributed by atoms with E-state index in [0.29, 0.717) is 5.92 Å². The molecule has 4 nitrogen and oxygen atoms in total. The van der Waals surface area contributed by atoms with Crippen molar-refractivity contribution >= 4 is 17.5 Å². The Morgan fingerprint density at radius 2 is 2.08 bits per heavy atom. The second kappa shape index (κ2) is 7.39. The van der Waals surface area contributed by atoms with Gasteiger partial charge >= 0.3 is 0 Å². The number of hydrogen-bond acceptors (Lipinski definition) is 2. The number of piperidine rings is 1. The maximum Gasteiger partial charge on any atom is 0.225 e. The fraction of sp³-hybridized carbons (Fsp3) is 0.474. The van der Waals surface area contributed by atoms with E-state index in [1.54, 1.807) is 0 Å². The lowest BCUT2D eigenvalue weighted by molar-refractivity contribution is -0.136. The highest BCUT2D eigenvalue weighted by atomic mass is 35.5. The van der Waals surface area contributed by atoms with Gasteiger partial charge in [0, 0.05) is 48.9 Å². The third kappa shape index (κ3) is 3.81. The van der Waals surface area contributed by atoms with Crippen LogP contribution in [0.15, 0.2) is 36.5 Å². The van der Waals surface area contributed by atoms with Crippen LogP contribution in [0.3, 0.4) is 0 Å². The van der Waals surface area contributed by atoms with Crippen LogP contribution in [0.25, 0.3) is 0 Å². The fourth-order valence-corrected chi connectivity index (χ4v) is 3.81. The van der Waals surface area contributed by atoms with E-state index in [9.17, 15) is 4.79 Å². The number of hydrogen-bond donors (Lipinski definition) is 0. The molecule has 1 saturated heterocycles. The largest absolute Gasteiger partial charge is 0.342 e. The van der Waals surface area contributed by atoms with E-state index >= 15 is 0 Å². The molecule has 2 heterocycles. The molecule has 1 atom stereocenters. The number of aromatic nitrogens is 2. The predicted molar refractivity (Wildman–Crippen MR) is 96.1 cm³/mol. The Kier molecular flexibility index (Phi) is 5.24. The summed E-state index contributed by atoms with van der Waals surface area (Å²) in [7, 11) is 1.99. The lowest BCUT2D eigenvalue weighted by Crippen LogP contribution is -2.41. The second-order valence-electron chi connectivity index (χ2n) is 6.71. The first-order valence-electron chi connectivity index (χ1n) is 8.55. The van der Waals surface area contributed by atoms with E-state index in [1.807, 2.05) is 54.0 Å². The molecule has 5 heteroatoms. The van der Waals surface area contributed by atoms with E-state index in [0.717, 1.165) is 42.9 Å². The molecule has 1 fully saturated rings. The SMILES string of the molecule is CC(Cc1cccc(Cl)c1)C(=O)N1CCC(c2ccnn2C)CC1. The second-order valence-corrected chi connectivity index (χ2v) is 7.15. The van der Waals surface area contributed by atoms with Crippen LogP contribution in [0.4, 0.5) is 0 Å². The summed E-state index contributed by atoms with van der Waals surface area (Å²) in [6, 6.07) is 9.86. The molecule has 0 aliphatic carbocycles. The van der Waals surface area contributed by atoms with Gasteiger partial charge in [0.1, 0.15) is 0 Å². The summed E-state index contributed by atoms with van der Waals surface area (Å²) in [5, 5.41) is 4.98. The minimum Gasteiger partial charge on any atom is -0.342 e. The lowest BCUT2D eigenvalue weighted by atomic mass is 9.92. The van der Waals surface area contributed by atoms with Crippen LogP contribution in [-0.2, 0) is 18.3 Å². The zero-order valence-electron chi connectivity index (χ0n) is 14.3. The molecule has 2 aromatic rings. The molecule has 0 N–H and O–H groups in total. The van der Waals surface area contributed by atoms with Crippen molar-refractivity contribution in [3.05, 3.63) is 52.8 Å². The van der Waals surface area contributed by atoms with E-state index in [1.165, 1.54) is 5.69 Å². The van der Waals surface area contributed by atoms with Crippen LogP contribution in [0.5, 0.6) is 0 Å². The summed E-state index contributed by atoms with van der Waals surface area (Å²) in [4.78, 5) is 14.7. The van der Waals surface area contributed by atoms with Gasteiger partial charge in [-0.05, 0) is 43.0 Å². The summed E-state index contributed by atoms with van der Waals surface area (Å²) in [5.74, 6) is 0.736. The molecular formula is C19H24ClN3O. The highest BCUT2D eigenvalue weighted by Crippen LogP contribution is 2.28. The van der Waals surface area contributed by atoms with Crippen molar-refractivity contribution in [2.45, 2.75) is 32.1 Å². The van der Waals surface area contributed by atoms with Gasteiger partial charge in [-0.1, -0.05) is 30.7 Å². The lowest BCUT2D eigenvalue weighted by Gasteiger charge is -2.33. The zero-order chi connectivity index (χ0) is 17.1. The number of halogens is 1. The van der Waals surface area contributed by atoms with Gasteiger partial charge in [0.05, 0.1) is 0 Å². The summed E-state index contributed by atoms with van der Waals surface area (Å²) >= 11 is 6.03. The average molecular weight is 346 g/mol. The van der Waals surface area contributed by atoms with Crippen LogP contribution < -0.4 is 0 Å². The van der Waals surface area contributed by atoms with Crippen molar-refractivity contribution in [2.75, 3.05) is 13.1 Å². The number of aryl methyl sites for hydroxylation is 1. The van der Waals surface area contributed by atoms with Gasteiger partial charge < -0.3 is 4.90 Å². The molecule has 0 radical (unpaired) electrons. The normalized spacial score (nSPS) is 17.0. The van der Waals surface area contributed by atoms with Gasteiger partial charge in [-0.3, -0.25) is 9.48 Å². The average Bonchev–Trinajstić information content (AvgIpc) is 3.00. The number of carbonyl (C=O) groups excluding carboxylic acids is 1. The Hall–Kier alpha value is -1.81. The number of likely N-dealkylation sites (tertiary alicyclic amines) is 1. The van der Waals surface area contributed by atoms with Gasteiger partial charge in [0.25, 0.3) is 0 Å². The Morgan fingerprint density at radius 1 is 1.33 bits per heavy atom. The van der Waals surface area contributed by atoms with E-state index < -0.39 is 0 Å². The maximum atomic E-state index is 12.7. The van der Waals surface area contributed by atoms with Gasteiger partial charge in [0.2, 0.25) is 5.91 Å². The van der Waals surface area contributed by atoms with Crippen molar-refractivity contribution in [1.29, 1.82) is 0 Å². The minimum atomic E-state index is -0.0169. The van der Waals surface area contributed by atoms with Crippen LogP contribution in [0.2, 0.25) is 5.02 Å². The molecule has 24 heavy (non-hydrogen) atoms. The van der Waals surface area contributed by atoms with E-state index in [4.69, 9.17) is 11.6 Å². The number of nitrogens with zero attached hydrogens (tertiary/aromatic N) is 3. The molecule has 1 aromatic carbocycles. The molecule has 3 rings (SSSR count). The smallest absolute Gasteiger partial charge is 0.225 e. The van der Waals surface area contributed by atoms with Crippen LogP contribution in [-0.4, -0.2) is 33.7 Å². The number of amides is 1. The third-order valence-electron chi connectivity index (χ3n) is 4.94. The fourth-order valence-electron chi connectivity index (χ4n) is 3.60. The van der Waals surface area contributed by atoms with E-state index in [-0.39, 0.29) is 11.8 Å². The topological polar surface area (TPSA) is 38.1 Å². The molecule has 0 spiro atoms. The summed E-state index contributed by atoms with van der Waals surface area (Å²) in [6.45, 7) is 3.67. The highest BCUT2D eigenvalue weighted by molar-refractivity contribution is 6.30. The van der Waals surface area contributed by atoms with Crippen molar-refractivity contribution < 1.29 is 4.79 Å². The summed E-state index contributed by atoms with van der Waals surface area (Å²) in [5.41, 5.74) is 2.39. The van der Waals surface area contributed by atoms with Crippen LogP contribution >= 0.6 is 11.6 Å². The van der Waals surface area contributed by atoms with Crippen molar-refractivity contribution in [3.63, 3.8) is 0 Å². The molecule has 1 amide bonds. The van der Waals surface area contributed by atoms with Crippen LogP contribution in [0.1, 0.15) is 36.9 Å². The Bertz CT molecular complexity index is 704. The first-order valence-corrected chi connectivity index (χ1v) is 8.93. The van der Waals surface area contributed by atoms with Gasteiger partial charge in [-0.15, -0.1) is 0 Å². The molecule has 1 unspecified atom stereocenters. The first kappa shape index (κ1) is 17.0. The van der Waals surface area contributed by atoms with Crippen molar-refractivity contribution in [2.24, 2.45) is 13.0 Å². The molecule has 1 aliphatic heterocycles. The Balaban J connectivity index is 1.55. The Labute approximate surface area is 148 Å². The van der Waals surface area contributed by atoms with Crippen LogP contribution in [0, 0.1) is 5.92 Å². The van der Waals surface area contributed by atoms with Gasteiger partial charge in [-0.2, -0.15) is 5.10 Å². The number of carbonyl (C=O) groups is 1. The summed E-state index contributed by atoms with van der Waals surface area (Å²) in [6.07, 6.45) is 4.60. The molecule has 128 valence electrons. The highest BCUT2D eigenvalue weighted by Gasteiger charge is 2.27. The van der Waals surface area contributed by atoms with Gasteiger partial charge in [0.15, 0.2) is 0 Å². The quantitative estimate of drug-likeness (QED) is 0.848. The number of rotatable bonds is 4.